The molecular formula is C31H53ClN2O10. The fraction of sp³-hybridized carbons (Fsp3) is 0.710. The molecular weight excluding hydrogens is 596 g/mol. The third kappa shape index (κ3) is 20.6. The van der Waals surface area contributed by atoms with Crippen LogP contribution in [0.25, 0.3) is 0 Å². The summed E-state index contributed by atoms with van der Waals surface area (Å²) in [5, 5.41) is -0.146. The third-order valence-corrected chi connectivity index (χ3v) is 6.63. The number of ether oxygens (including phenoxy) is 5. The maximum absolute atomic E-state index is 12.0. The number of likely N-dealkylation sites (N-methyl/N-ethyl adjacent to an activating group) is 2. The van der Waals surface area contributed by atoms with Crippen LogP contribution >= 0.6 is 11.6 Å². The van der Waals surface area contributed by atoms with E-state index in [1.54, 1.807) is 41.8 Å². The van der Waals surface area contributed by atoms with E-state index in [0.717, 1.165) is 17.6 Å². The Hall–Kier alpha value is -3.28. The molecule has 2 amide bonds. The summed E-state index contributed by atoms with van der Waals surface area (Å²) in [4.78, 5) is 60.6. The standard InChI is InChI=1S/C18H30ClNO6.C13H23NO4/c1-7-15(19)9-16(26-14(5)21)8-13(4)17(22)24-11-25-18(23)20(6)10-12(2)3;1-7-13(4,5)11(15)17-9-18-12(16)14(6)8-10(2)3/h13,15-16H,2,7-11H2,1,3-6H3;2,7-9H2,1,3-6H3. The first-order valence-electron chi connectivity index (χ1n) is 14.5. The van der Waals surface area contributed by atoms with Crippen molar-refractivity contribution in [2.45, 2.75) is 92.6 Å². The quantitative estimate of drug-likeness (QED) is 0.0601. The zero-order chi connectivity index (χ0) is 34.6. The van der Waals surface area contributed by atoms with Crippen molar-refractivity contribution in [1.29, 1.82) is 0 Å². The van der Waals surface area contributed by atoms with E-state index in [1.165, 1.54) is 16.7 Å². The first-order chi connectivity index (χ1) is 20.3. The second kappa shape index (κ2) is 22.3. The van der Waals surface area contributed by atoms with Crippen molar-refractivity contribution >= 4 is 41.7 Å². The van der Waals surface area contributed by atoms with Crippen molar-refractivity contribution in [3.63, 3.8) is 0 Å². The molecule has 3 unspecified atom stereocenters. The minimum absolute atomic E-state index is 0.146. The Morgan fingerprint density at radius 3 is 1.64 bits per heavy atom. The van der Waals surface area contributed by atoms with Gasteiger partial charge in [0.1, 0.15) is 6.10 Å². The zero-order valence-electron chi connectivity index (χ0n) is 28.2. The molecule has 0 aliphatic carbocycles. The van der Waals surface area contributed by atoms with Gasteiger partial charge in [-0.1, -0.05) is 45.1 Å². The average molecular weight is 649 g/mol. The third-order valence-electron chi connectivity index (χ3n) is 6.14. The van der Waals surface area contributed by atoms with Crippen molar-refractivity contribution in [3.8, 4) is 0 Å². The molecule has 0 aliphatic rings. The molecule has 0 aliphatic heterocycles. The summed E-state index contributed by atoms with van der Waals surface area (Å²) in [7, 11) is 3.15. The highest BCUT2D eigenvalue weighted by Crippen LogP contribution is 2.21. The second-order valence-electron chi connectivity index (χ2n) is 11.4. The number of nitrogens with zero attached hydrogens (tertiary/aromatic N) is 2. The van der Waals surface area contributed by atoms with Crippen molar-refractivity contribution in [2.75, 3.05) is 40.8 Å². The lowest BCUT2D eigenvalue weighted by Crippen LogP contribution is -2.31. The Bertz CT molecular complexity index is 969. The second-order valence-corrected chi connectivity index (χ2v) is 12.0. The number of amides is 2. The minimum atomic E-state index is -0.612. The summed E-state index contributed by atoms with van der Waals surface area (Å²) in [5.41, 5.74) is 1.09. The molecule has 0 heterocycles. The molecule has 13 heteroatoms. The molecule has 3 atom stereocenters. The highest BCUT2D eigenvalue weighted by molar-refractivity contribution is 6.20. The van der Waals surface area contributed by atoms with Gasteiger partial charge in [-0.3, -0.25) is 14.4 Å². The van der Waals surface area contributed by atoms with Gasteiger partial charge in [0.2, 0.25) is 13.6 Å². The van der Waals surface area contributed by atoms with Crippen LogP contribution < -0.4 is 0 Å². The van der Waals surface area contributed by atoms with Crippen molar-refractivity contribution in [3.05, 3.63) is 24.3 Å². The van der Waals surface area contributed by atoms with E-state index in [0.29, 0.717) is 25.9 Å². The Morgan fingerprint density at radius 1 is 0.795 bits per heavy atom. The van der Waals surface area contributed by atoms with Gasteiger partial charge >= 0.3 is 30.1 Å². The van der Waals surface area contributed by atoms with E-state index in [-0.39, 0.29) is 24.6 Å². The van der Waals surface area contributed by atoms with E-state index in [2.05, 4.69) is 13.2 Å². The van der Waals surface area contributed by atoms with Crippen LogP contribution in [0.4, 0.5) is 9.59 Å². The fourth-order valence-corrected chi connectivity index (χ4v) is 3.48. The lowest BCUT2D eigenvalue weighted by Gasteiger charge is -2.22. The molecule has 0 saturated carbocycles. The maximum atomic E-state index is 12.0. The molecule has 0 spiro atoms. The predicted molar refractivity (Wildman–Crippen MR) is 168 cm³/mol. The van der Waals surface area contributed by atoms with Crippen LogP contribution in [0, 0.1) is 11.3 Å². The average Bonchev–Trinajstić information content (AvgIpc) is 2.91. The Balaban J connectivity index is 0. The summed E-state index contributed by atoms with van der Waals surface area (Å²) < 4.78 is 24.8. The zero-order valence-corrected chi connectivity index (χ0v) is 28.9. The van der Waals surface area contributed by atoms with E-state index < -0.39 is 48.4 Å². The summed E-state index contributed by atoms with van der Waals surface area (Å²) in [6.07, 6.45) is 0.503. The van der Waals surface area contributed by atoms with Gasteiger partial charge in [-0.15, -0.1) is 11.6 Å². The molecule has 0 saturated heterocycles. The van der Waals surface area contributed by atoms with E-state index in [4.69, 9.17) is 35.3 Å². The van der Waals surface area contributed by atoms with Crippen molar-refractivity contribution in [1.82, 2.24) is 9.80 Å². The molecule has 0 bridgehead atoms. The lowest BCUT2D eigenvalue weighted by molar-refractivity contribution is -0.163. The molecule has 0 N–H and O–H groups in total. The summed E-state index contributed by atoms with van der Waals surface area (Å²) in [5.74, 6) is -1.88. The fourth-order valence-electron chi connectivity index (χ4n) is 3.28. The van der Waals surface area contributed by atoms with Crippen LogP contribution in [0.5, 0.6) is 0 Å². The van der Waals surface area contributed by atoms with E-state index in [1.807, 2.05) is 20.8 Å². The summed E-state index contributed by atoms with van der Waals surface area (Å²) in [6.45, 7) is 21.3. The number of alkyl halides is 1. The van der Waals surface area contributed by atoms with Crippen molar-refractivity contribution < 1.29 is 47.7 Å². The Labute approximate surface area is 268 Å². The highest BCUT2D eigenvalue weighted by atomic mass is 35.5. The number of halogens is 1. The Morgan fingerprint density at radius 2 is 1.25 bits per heavy atom. The molecule has 12 nitrogen and oxygen atoms in total. The molecule has 44 heavy (non-hydrogen) atoms. The van der Waals surface area contributed by atoms with Gasteiger partial charge in [0.05, 0.1) is 11.3 Å². The SMILES string of the molecule is C=C(C)CN(C)C(=O)OCOC(=O)C(C)(C)CC.C=C(C)CN(C)C(=O)OCOC(=O)C(C)CC(CC(Cl)CC)OC(C)=O. The van der Waals surface area contributed by atoms with Crippen LogP contribution in [0.2, 0.25) is 0 Å². The molecule has 0 rings (SSSR count). The molecule has 0 radical (unpaired) electrons. The number of hydrogen-bond acceptors (Lipinski definition) is 10. The highest BCUT2D eigenvalue weighted by Gasteiger charge is 2.27. The van der Waals surface area contributed by atoms with Gasteiger partial charge in [0.25, 0.3) is 0 Å². The molecule has 0 aromatic carbocycles. The van der Waals surface area contributed by atoms with Gasteiger partial charge in [0.15, 0.2) is 0 Å². The molecule has 254 valence electrons. The lowest BCUT2D eigenvalue weighted by atomic mass is 9.91. The predicted octanol–water partition coefficient (Wildman–Crippen LogP) is 6.06. The van der Waals surface area contributed by atoms with Gasteiger partial charge in [0, 0.05) is 45.9 Å². The Kier molecular flexibility index (Phi) is 21.7. The van der Waals surface area contributed by atoms with Gasteiger partial charge in [-0.2, -0.15) is 0 Å². The van der Waals surface area contributed by atoms with Crippen LogP contribution in [0.15, 0.2) is 24.3 Å². The molecule has 0 aromatic heterocycles. The van der Waals surface area contributed by atoms with Crippen LogP contribution in [0.3, 0.4) is 0 Å². The van der Waals surface area contributed by atoms with Crippen molar-refractivity contribution in [2.24, 2.45) is 11.3 Å². The number of carbonyl (C=O) groups excluding carboxylic acids is 5. The summed E-state index contributed by atoms with van der Waals surface area (Å²) in [6, 6.07) is 0. The van der Waals surface area contributed by atoms with E-state index >= 15 is 0 Å². The number of esters is 3. The van der Waals surface area contributed by atoms with Gasteiger partial charge < -0.3 is 33.5 Å². The number of carbonyl (C=O) groups is 5. The summed E-state index contributed by atoms with van der Waals surface area (Å²) >= 11 is 6.11. The smallest absolute Gasteiger partial charge is 0.412 e. The largest absolute Gasteiger partial charge is 0.462 e. The minimum Gasteiger partial charge on any atom is -0.462 e. The number of hydrogen-bond donors (Lipinski definition) is 0. The topological polar surface area (TPSA) is 138 Å². The molecule has 0 aromatic rings. The first-order valence-corrected chi connectivity index (χ1v) is 14.9. The normalized spacial score (nSPS) is 12.6. The van der Waals surface area contributed by atoms with Crippen LogP contribution in [0.1, 0.15) is 81.1 Å². The molecule has 0 fully saturated rings. The number of rotatable bonds is 17. The van der Waals surface area contributed by atoms with Gasteiger partial charge in [-0.05, 0) is 47.0 Å². The van der Waals surface area contributed by atoms with E-state index in [9.17, 15) is 24.0 Å². The van der Waals surface area contributed by atoms with Crippen LogP contribution in [-0.4, -0.2) is 92.1 Å². The maximum Gasteiger partial charge on any atom is 0.412 e. The monoisotopic (exact) mass is 648 g/mol. The van der Waals surface area contributed by atoms with Gasteiger partial charge in [-0.25, -0.2) is 9.59 Å². The van der Waals surface area contributed by atoms with Crippen LogP contribution in [-0.2, 0) is 38.1 Å². The first kappa shape index (κ1) is 42.9.